The fourth-order valence-electron chi connectivity index (χ4n) is 1.66. The Labute approximate surface area is 113 Å². The lowest BCUT2D eigenvalue weighted by atomic mass is 9.99. The minimum atomic E-state index is -0.435. The van der Waals surface area contributed by atoms with Crippen LogP contribution in [0, 0.1) is 5.82 Å². The number of hydrogen-bond donors (Lipinski definition) is 1. The molecular formula is C13H10BrClFN. The quantitative estimate of drug-likeness (QED) is 0.879. The molecule has 2 aromatic carbocycles. The lowest BCUT2D eigenvalue weighted by Gasteiger charge is -2.14. The van der Waals surface area contributed by atoms with Crippen molar-refractivity contribution >= 4 is 27.5 Å². The van der Waals surface area contributed by atoms with Crippen molar-refractivity contribution in [1.82, 2.24) is 0 Å². The van der Waals surface area contributed by atoms with E-state index in [2.05, 4.69) is 15.9 Å². The summed E-state index contributed by atoms with van der Waals surface area (Å²) in [6, 6.07) is 11.5. The van der Waals surface area contributed by atoms with Gasteiger partial charge < -0.3 is 5.73 Å². The van der Waals surface area contributed by atoms with Gasteiger partial charge in [-0.15, -0.1) is 0 Å². The molecule has 0 saturated heterocycles. The summed E-state index contributed by atoms with van der Waals surface area (Å²) in [6.07, 6.45) is 0. The summed E-state index contributed by atoms with van der Waals surface area (Å²) in [6.45, 7) is 0. The van der Waals surface area contributed by atoms with E-state index in [1.165, 1.54) is 12.1 Å². The number of hydrogen-bond acceptors (Lipinski definition) is 1. The van der Waals surface area contributed by atoms with Gasteiger partial charge in [0.1, 0.15) is 5.82 Å². The van der Waals surface area contributed by atoms with Crippen LogP contribution in [0.2, 0.25) is 5.02 Å². The van der Waals surface area contributed by atoms with Crippen molar-refractivity contribution in [3.63, 3.8) is 0 Å². The lowest BCUT2D eigenvalue weighted by molar-refractivity contribution is 0.622. The molecule has 2 N–H and O–H groups in total. The maximum atomic E-state index is 13.3. The highest BCUT2D eigenvalue weighted by Crippen LogP contribution is 2.28. The molecule has 0 bridgehead atoms. The molecule has 0 aromatic heterocycles. The van der Waals surface area contributed by atoms with Crippen molar-refractivity contribution in [2.24, 2.45) is 5.73 Å². The van der Waals surface area contributed by atoms with Crippen molar-refractivity contribution in [1.29, 1.82) is 0 Å². The molecule has 0 saturated carbocycles. The van der Waals surface area contributed by atoms with E-state index in [1.54, 1.807) is 12.1 Å². The van der Waals surface area contributed by atoms with Gasteiger partial charge in [-0.2, -0.15) is 0 Å². The third-order valence-corrected chi connectivity index (χ3v) is 3.29. The Balaban J connectivity index is 2.43. The van der Waals surface area contributed by atoms with E-state index in [0.29, 0.717) is 15.1 Å². The van der Waals surface area contributed by atoms with Crippen LogP contribution in [0.3, 0.4) is 0 Å². The van der Waals surface area contributed by atoms with Gasteiger partial charge in [0.25, 0.3) is 0 Å². The molecule has 0 radical (unpaired) electrons. The van der Waals surface area contributed by atoms with Crippen LogP contribution in [0.1, 0.15) is 17.2 Å². The monoisotopic (exact) mass is 313 g/mol. The Hall–Kier alpha value is -0.900. The van der Waals surface area contributed by atoms with Crippen molar-refractivity contribution in [2.45, 2.75) is 6.04 Å². The zero-order chi connectivity index (χ0) is 12.4. The van der Waals surface area contributed by atoms with Gasteiger partial charge in [-0.1, -0.05) is 45.7 Å². The molecular weight excluding hydrogens is 305 g/mol. The summed E-state index contributed by atoms with van der Waals surface area (Å²) in [7, 11) is 0. The molecule has 0 aliphatic rings. The number of rotatable bonds is 2. The van der Waals surface area contributed by atoms with Crippen LogP contribution in [0.4, 0.5) is 4.39 Å². The van der Waals surface area contributed by atoms with Crippen LogP contribution in [-0.2, 0) is 0 Å². The van der Waals surface area contributed by atoms with Crippen molar-refractivity contribution in [2.75, 3.05) is 0 Å². The SMILES string of the molecule is NC(c1cc(F)cc(Br)c1)c1ccccc1Cl. The Kier molecular flexibility index (Phi) is 3.82. The highest BCUT2D eigenvalue weighted by atomic mass is 79.9. The van der Waals surface area contributed by atoms with Crippen LogP contribution in [0.5, 0.6) is 0 Å². The fourth-order valence-corrected chi connectivity index (χ4v) is 2.40. The highest BCUT2D eigenvalue weighted by molar-refractivity contribution is 9.10. The molecule has 0 spiro atoms. The van der Waals surface area contributed by atoms with E-state index < -0.39 is 6.04 Å². The maximum Gasteiger partial charge on any atom is 0.124 e. The van der Waals surface area contributed by atoms with E-state index in [-0.39, 0.29) is 5.82 Å². The summed E-state index contributed by atoms with van der Waals surface area (Å²) in [5.74, 6) is -0.322. The second-order valence-corrected chi connectivity index (χ2v) is 5.02. The van der Waals surface area contributed by atoms with Gasteiger partial charge in [-0.3, -0.25) is 0 Å². The molecule has 17 heavy (non-hydrogen) atoms. The van der Waals surface area contributed by atoms with Gasteiger partial charge in [0, 0.05) is 9.50 Å². The van der Waals surface area contributed by atoms with Gasteiger partial charge in [-0.05, 0) is 35.4 Å². The summed E-state index contributed by atoms with van der Waals surface area (Å²) in [4.78, 5) is 0. The van der Waals surface area contributed by atoms with E-state index in [1.807, 2.05) is 18.2 Å². The second-order valence-electron chi connectivity index (χ2n) is 3.70. The largest absolute Gasteiger partial charge is 0.320 e. The molecule has 0 aliphatic heterocycles. The van der Waals surface area contributed by atoms with Crippen LogP contribution < -0.4 is 5.73 Å². The summed E-state index contributed by atoms with van der Waals surface area (Å²) in [5, 5.41) is 0.584. The van der Waals surface area contributed by atoms with E-state index >= 15 is 0 Å². The first kappa shape index (κ1) is 12.6. The maximum absolute atomic E-state index is 13.3. The lowest BCUT2D eigenvalue weighted by Crippen LogP contribution is -2.12. The minimum Gasteiger partial charge on any atom is -0.320 e. The predicted molar refractivity (Wildman–Crippen MR) is 71.6 cm³/mol. The highest BCUT2D eigenvalue weighted by Gasteiger charge is 2.13. The van der Waals surface area contributed by atoms with Crippen molar-refractivity contribution in [3.05, 3.63) is 68.9 Å². The summed E-state index contributed by atoms with van der Waals surface area (Å²) < 4.78 is 13.9. The molecule has 1 unspecified atom stereocenters. The first-order valence-corrected chi connectivity index (χ1v) is 6.21. The molecule has 0 fully saturated rings. The predicted octanol–water partition coefficient (Wildman–Crippen LogP) is 4.29. The molecule has 4 heteroatoms. The fraction of sp³-hybridized carbons (Fsp3) is 0.0769. The number of benzene rings is 2. The normalized spacial score (nSPS) is 12.5. The molecule has 2 rings (SSSR count). The van der Waals surface area contributed by atoms with Crippen molar-refractivity contribution in [3.8, 4) is 0 Å². The van der Waals surface area contributed by atoms with Gasteiger partial charge in [-0.25, -0.2) is 4.39 Å². The van der Waals surface area contributed by atoms with Gasteiger partial charge in [0.2, 0.25) is 0 Å². The van der Waals surface area contributed by atoms with E-state index in [4.69, 9.17) is 17.3 Å². The average molecular weight is 315 g/mol. The van der Waals surface area contributed by atoms with Crippen LogP contribution in [-0.4, -0.2) is 0 Å². The Morgan fingerprint density at radius 3 is 2.53 bits per heavy atom. The summed E-state index contributed by atoms with van der Waals surface area (Å²) >= 11 is 9.31. The first-order valence-electron chi connectivity index (χ1n) is 5.04. The topological polar surface area (TPSA) is 26.0 Å². The van der Waals surface area contributed by atoms with Crippen LogP contribution >= 0.6 is 27.5 Å². The smallest absolute Gasteiger partial charge is 0.124 e. The third-order valence-electron chi connectivity index (χ3n) is 2.48. The summed E-state index contributed by atoms with van der Waals surface area (Å²) in [5.41, 5.74) is 7.55. The first-order chi connectivity index (χ1) is 8.08. The molecule has 1 nitrogen and oxygen atoms in total. The van der Waals surface area contributed by atoms with Gasteiger partial charge in [0.05, 0.1) is 6.04 Å². The van der Waals surface area contributed by atoms with E-state index in [9.17, 15) is 4.39 Å². The Morgan fingerprint density at radius 1 is 1.18 bits per heavy atom. The number of nitrogens with two attached hydrogens (primary N) is 1. The van der Waals surface area contributed by atoms with Gasteiger partial charge in [0.15, 0.2) is 0 Å². The zero-order valence-corrected chi connectivity index (χ0v) is 11.2. The molecule has 0 heterocycles. The standard InChI is InChI=1S/C13H10BrClFN/c14-9-5-8(6-10(16)7-9)13(17)11-3-1-2-4-12(11)15/h1-7,13H,17H2. The van der Waals surface area contributed by atoms with E-state index in [0.717, 1.165) is 5.56 Å². The van der Waals surface area contributed by atoms with Crippen molar-refractivity contribution < 1.29 is 4.39 Å². The molecule has 2 aromatic rings. The second kappa shape index (κ2) is 5.17. The van der Waals surface area contributed by atoms with Crippen LogP contribution in [0.25, 0.3) is 0 Å². The average Bonchev–Trinajstić information content (AvgIpc) is 2.27. The molecule has 0 aliphatic carbocycles. The Bertz CT molecular complexity index is 524. The minimum absolute atomic E-state index is 0.322. The molecule has 0 amide bonds. The molecule has 1 atom stereocenters. The van der Waals surface area contributed by atoms with Crippen LogP contribution in [0.15, 0.2) is 46.9 Å². The third kappa shape index (κ3) is 2.86. The van der Waals surface area contributed by atoms with Gasteiger partial charge >= 0.3 is 0 Å². The number of halogens is 3. The molecule has 88 valence electrons. The Morgan fingerprint density at radius 2 is 1.88 bits per heavy atom. The zero-order valence-electron chi connectivity index (χ0n) is 8.83.